The molecule has 0 spiro atoms. The average molecular weight is 383 g/mol. The first-order valence-electron chi connectivity index (χ1n) is 8.77. The van der Waals surface area contributed by atoms with Gasteiger partial charge >= 0.3 is 7.60 Å². The van der Waals surface area contributed by atoms with Gasteiger partial charge in [0.15, 0.2) is 0 Å². The van der Waals surface area contributed by atoms with E-state index in [2.05, 4.69) is 0 Å². The minimum absolute atomic E-state index is 0.0723. The van der Waals surface area contributed by atoms with E-state index in [4.69, 9.17) is 43.6 Å². The summed E-state index contributed by atoms with van der Waals surface area (Å²) < 4.78 is 46.3. The van der Waals surface area contributed by atoms with E-state index in [0.717, 1.165) is 0 Å². The molecule has 7 nitrogen and oxygen atoms in total. The molecule has 26 heavy (non-hydrogen) atoms. The molecule has 0 bridgehead atoms. The van der Waals surface area contributed by atoms with Crippen LogP contribution in [0.15, 0.2) is 0 Å². The van der Waals surface area contributed by atoms with Gasteiger partial charge in [-0.3, -0.25) is 4.57 Å². The van der Waals surface area contributed by atoms with Crippen LogP contribution in [0.1, 0.15) is 13.8 Å². The monoisotopic (exact) mass is 383 g/mol. The van der Waals surface area contributed by atoms with Crippen LogP contribution < -0.4 is 0 Å². The SMILES string of the molecule is [B][B][C@@H]1O[C@H](COP(C)(=O)OC2[C@@H](COC)O[C@@H]([B])[C@H]2C)C(OC)[C@@H]1C. The van der Waals surface area contributed by atoms with Crippen LogP contribution in [0.4, 0.5) is 0 Å². The van der Waals surface area contributed by atoms with Crippen LogP contribution in [0.2, 0.25) is 0 Å². The highest BCUT2D eigenvalue weighted by molar-refractivity contribution is 7.53. The highest BCUT2D eigenvalue weighted by atomic mass is 31.2. The Kier molecular flexibility index (Phi) is 8.29. The molecule has 143 valence electrons. The molecule has 0 amide bonds. The predicted octanol–water partition coefficient (Wildman–Crippen LogP) is 0.551. The first kappa shape index (κ1) is 22.5. The minimum atomic E-state index is -3.37. The van der Waals surface area contributed by atoms with Crippen molar-refractivity contribution in [2.24, 2.45) is 11.8 Å². The zero-order chi connectivity index (χ0) is 19.5. The fraction of sp³-hybridized carbons (Fsp3) is 1.00. The number of ether oxygens (including phenoxy) is 4. The van der Waals surface area contributed by atoms with Gasteiger partial charge < -0.3 is 28.0 Å². The van der Waals surface area contributed by atoms with Crippen molar-refractivity contribution in [1.82, 2.24) is 0 Å². The Balaban J connectivity index is 1.95. The second-order valence-electron chi connectivity index (χ2n) is 6.98. The van der Waals surface area contributed by atoms with E-state index in [9.17, 15) is 4.57 Å². The molecule has 2 saturated heterocycles. The minimum Gasteiger partial charge on any atom is -0.382 e. The molecule has 2 heterocycles. The van der Waals surface area contributed by atoms with Gasteiger partial charge in [0.1, 0.15) is 20.1 Å². The van der Waals surface area contributed by atoms with Crippen molar-refractivity contribution < 1.29 is 32.6 Å². The smallest absolute Gasteiger partial charge is 0.328 e. The summed E-state index contributed by atoms with van der Waals surface area (Å²) in [5.74, 6) is -0.0687. The lowest BCUT2D eigenvalue weighted by molar-refractivity contribution is -0.0306. The summed E-state index contributed by atoms with van der Waals surface area (Å²) >= 11 is 0. The Morgan fingerprint density at radius 3 is 2.31 bits per heavy atom. The quantitative estimate of drug-likeness (QED) is 0.426. The normalized spacial score (nSPS) is 42.7. The first-order chi connectivity index (χ1) is 12.2. The molecule has 2 aliphatic rings. The van der Waals surface area contributed by atoms with E-state index in [1.54, 1.807) is 14.2 Å². The third-order valence-electron chi connectivity index (χ3n) is 5.05. The van der Waals surface area contributed by atoms with Crippen molar-refractivity contribution in [2.45, 2.75) is 50.3 Å². The van der Waals surface area contributed by atoms with Crippen LogP contribution in [0.25, 0.3) is 0 Å². The van der Waals surface area contributed by atoms with Gasteiger partial charge in [0.05, 0.1) is 32.6 Å². The lowest BCUT2D eigenvalue weighted by atomic mass is 9.49. The topological polar surface area (TPSA) is 72.5 Å². The van der Waals surface area contributed by atoms with E-state index in [1.165, 1.54) is 13.8 Å². The number of methoxy groups -OCH3 is 2. The third-order valence-corrected chi connectivity index (χ3v) is 6.29. The molecular formula is C15H27B3O7P. The molecule has 0 aliphatic carbocycles. The van der Waals surface area contributed by atoms with E-state index in [0.29, 0.717) is 6.61 Å². The second-order valence-corrected chi connectivity index (χ2v) is 8.99. The molecule has 9 atom stereocenters. The van der Waals surface area contributed by atoms with E-state index >= 15 is 0 Å². The zero-order valence-corrected chi connectivity index (χ0v) is 17.0. The highest BCUT2D eigenvalue weighted by Gasteiger charge is 2.45. The molecule has 2 rings (SSSR count). The third kappa shape index (κ3) is 5.16. The van der Waals surface area contributed by atoms with Crippen molar-refractivity contribution in [3.63, 3.8) is 0 Å². The summed E-state index contributed by atoms with van der Waals surface area (Å²) in [6, 6.07) is -0.740. The summed E-state index contributed by atoms with van der Waals surface area (Å²) in [5, 5.41) is 0. The first-order valence-corrected chi connectivity index (χ1v) is 10.8. The molecule has 0 aromatic heterocycles. The Labute approximate surface area is 159 Å². The van der Waals surface area contributed by atoms with Gasteiger partial charge in [-0.25, -0.2) is 0 Å². The van der Waals surface area contributed by atoms with Crippen LogP contribution in [0.5, 0.6) is 0 Å². The molecule has 0 aromatic rings. The van der Waals surface area contributed by atoms with Gasteiger partial charge in [-0.15, -0.1) is 0 Å². The molecule has 2 fully saturated rings. The fourth-order valence-electron chi connectivity index (χ4n) is 3.50. The number of rotatable bonds is 9. The summed E-state index contributed by atoms with van der Waals surface area (Å²) in [4.78, 5) is 0. The van der Waals surface area contributed by atoms with Crippen LogP contribution in [-0.2, 0) is 32.6 Å². The predicted molar refractivity (Wildman–Crippen MR) is 99.9 cm³/mol. The van der Waals surface area contributed by atoms with Crippen molar-refractivity contribution in [3.05, 3.63) is 0 Å². The highest BCUT2D eigenvalue weighted by Crippen LogP contribution is 2.49. The molecule has 2 aliphatic heterocycles. The summed E-state index contributed by atoms with van der Waals surface area (Å²) in [5.41, 5.74) is 0. The van der Waals surface area contributed by atoms with E-state index in [-0.39, 0.29) is 36.7 Å². The van der Waals surface area contributed by atoms with Crippen LogP contribution in [0.3, 0.4) is 0 Å². The van der Waals surface area contributed by atoms with E-state index in [1.807, 2.05) is 13.8 Å². The lowest BCUT2D eigenvalue weighted by Gasteiger charge is -2.26. The largest absolute Gasteiger partial charge is 0.382 e. The molecule has 0 aromatic carbocycles. The van der Waals surface area contributed by atoms with Crippen LogP contribution in [-0.4, -0.2) is 93.3 Å². The van der Waals surface area contributed by atoms with Gasteiger partial charge in [0.25, 0.3) is 0 Å². The Hall–Kier alpha value is 0.185. The number of hydrogen-bond acceptors (Lipinski definition) is 7. The Bertz CT molecular complexity index is 500. The summed E-state index contributed by atoms with van der Waals surface area (Å²) in [7, 11) is 12.8. The molecule has 5 radical (unpaired) electrons. The molecule has 3 unspecified atom stereocenters. The fourth-order valence-corrected chi connectivity index (χ4v) is 4.75. The van der Waals surface area contributed by atoms with Crippen molar-refractivity contribution in [2.75, 3.05) is 34.1 Å². The maximum Gasteiger partial charge on any atom is 0.328 e. The Morgan fingerprint density at radius 1 is 1.08 bits per heavy atom. The maximum absolute atomic E-state index is 12.8. The van der Waals surface area contributed by atoms with Crippen LogP contribution in [0, 0.1) is 11.8 Å². The Morgan fingerprint density at radius 2 is 1.73 bits per heavy atom. The molecule has 11 heteroatoms. The van der Waals surface area contributed by atoms with Crippen molar-refractivity contribution >= 4 is 30.3 Å². The van der Waals surface area contributed by atoms with Gasteiger partial charge in [-0.1, -0.05) is 13.8 Å². The van der Waals surface area contributed by atoms with Crippen molar-refractivity contribution in [1.29, 1.82) is 0 Å². The molecular weight excluding hydrogens is 356 g/mol. The van der Waals surface area contributed by atoms with Gasteiger partial charge in [-0.2, -0.15) is 0 Å². The van der Waals surface area contributed by atoms with Gasteiger partial charge in [-0.05, 0) is 0 Å². The van der Waals surface area contributed by atoms with Crippen molar-refractivity contribution in [3.8, 4) is 0 Å². The number of hydrogen-bond donors (Lipinski definition) is 0. The maximum atomic E-state index is 12.8. The molecule has 0 N–H and O–H groups in total. The zero-order valence-electron chi connectivity index (χ0n) is 16.1. The van der Waals surface area contributed by atoms with Gasteiger partial charge in [0.2, 0.25) is 0 Å². The summed E-state index contributed by atoms with van der Waals surface area (Å²) in [6.07, 6.45) is -1.46. The van der Waals surface area contributed by atoms with Crippen LogP contribution >= 0.6 is 7.60 Å². The second kappa shape index (κ2) is 9.59. The van der Waals surface area contributed by atoms with Gasteiger partial charge in [0, 0.05) is 52.5 Å². The standard InChI is InChI=1S/C15H27B3O7P/c1-8-13(10(6-20-3)23-14(8)16)25-26(5,19)22-7-11-12(21-4)9(2)15(18-17)24-11/h8-15H,6-7H2,1-5H3/t8-,9-,10+,11+,12?,13?,14+,15+,26?/m0/s1. The lowest BCUT2D eigenvalue weighted by Crippen LogP contribution is -2.33. The summed E-state index contributed by atoms with van der Waals surface area (Å²) in [6.45, 7) is 5.67. The van der Waals surface area contributed by atoms with E-state index < -0.39 is 25.8 Å². The average Bonchev–Trinajstić information content (AvgIpc) is 3.04. The molecule has 0 saturated carbocycles.